The molecule has 0 spiro atoms. The van der Waals surface area contributed by atoms with Crippen molar-refractivity contribution in [1.29, 1.82) is 0 Å². The molecular formula is C29H25N3O6S2. The van der Waals surface area contributed by atoms with Crippen LogP contribution in [0.5, 0.6) is 11.5 Å². The fraction of sp³-hybridized carbons (Fsp3) is 0.172. The maximum absolute atomic E-state index is 13.3. The van der Waals surface area contributed by atoms with Gasteiger partial charge in [0.25, 0.3) is 21.8 Å². The maximum atomic E-state index is 13.3. The lowest BCUT2D eigenvalue weighted by atomic mass is 10.1. The number of nitrogens with zero attached hydrogens (tertiary/aromatic N) is 1. The SMILES string of the molecule is Cc1c(Cc2ccc3c(c2)OCO3)sc(NC(=O)c2ccc(S(=O)(=O)N3CCc4ccccc43)cc2)c1C(N)=O. The van der Waals surface area contributed by atoms with Crippen molar-refractivity contribution in [2.75, 3.05) is 23.0 Å². The van der Waals surface area contributed by atoms with Crippen LogP contribution < -0.4 is 24.8 Å². The second kappa shape index (κ2) is 10.00. The molecule has 3 heterocycles. The highest BCUT2D eigenvalue weighted by Gasteiger charge is 2.31. The molecule has 4 aromatic rings. The van der Waals surface area contributed by atoms with Gasteiger partial charge in [-0.15, -0.1) is 11.3 Å². The van der Waals surface area contributed by atoms with Crippen LogP contribution in [0.1, 0.15) is 42.3 Å². The number of para-hydroxylation sites is 1. The van der Waals surface area contributed by atoms with E-state index in [0.717, 1.165) is 16.0 Å². The zero-order valence-corrected chi connectivity index (χ0v) is 23.1. The lowest BCUT2D eigenvalue weighted by Gasteiger charge is -2.19. The summed E-state index contributed by atoms with van der Waals surface area (Å²) in [7, 11) is -3.78. The molecule has 2 amide bonds. The molecule has 6 rings (SSSR count). The summed E-state index contributed by atoms with van der Waals surface area (Å²) in [6.45, 7) is 2.34. The topological polar surface area (TPSA) is 128 Å². The summed E-state index contributed by atoms with van der Waals surface area (Å²) in [6, 6.07) is 18.8. The van der Waals surface area contributed by atoms with Crippen LogP contribution in [0.15, 0.2) is 71.6 Å². The van der Waals surface area contributed by atoms with Gasteiger partial charge in [-0.25, -0.2) is 8.42 Å². The number of primary amides is 1. The number of thiophene rings is 1. The van der Waals surface area contributed by atoms with E-state index in [1.807, 2.05) is 36.4 Å². The molecule has 0 saturated carbocycles. The zero-order valence-electron chi connectivity index (χ0n) is 21.5. The summed E-state index contributed by atoms with van der Waals surface area (Å²) in [5.41, 5.74) is 9.49. The Morgan fingerprint density at radius 2 is 1.77 bits per heavy atom. The van der Waals surface area contributed by atoms with Gasteiger partial charge in [-0.05, 0) is 72.5 Å². The van der Waals surface area contributed by atoms with E-state index in [9.17, 15) is 18.0 Å². The third kappa shape index (κ3) is 4.56. The van der Waals surface area contributed by atoms with E-state index in [2.05, 4.69) is 5.32 Å². The molecule has 0 radical (unpaired) electrons. The lowest BCUT2D eigenvalue weighted by Crippen LogP contribution is -2.29. The second-order valence-corrected chi connectivity index (χ2v) is 12.5. The number of carbonyl (C=O) groups is 2. The quantitative estimate of drug-likeness (QED) is 0.335. The highest BCUT2D eigenvalue weighted by atomic mass is 32.2. The lowest BCUT2D eigenvalue weighted by molar-refractivity contribution is 0.100. The molecule has 0 atom stereocenters. The van der Waals surface area contributed by atoms with Crippen LogP contribution >= 0.6 is 11.3 Å². The molecule has 11 heteroatoms. The maximum Gasteiger partial charge on any atom is 0.264 e. The van der Waals surface area contributed by atoms with Crippen LogP contribution in [0.2, 0.25) is 0 Å². The number of hydrogen-bond donors (Lipinski definition) is 2. The Labute approximate surface area is 235 Å². The number of nitrogens with one attached hydrogen (secondary N) is 1. The minimum atomic E-state index is -3.78. The number of amides is 2. The summed E-state index contributed by atoms with van der Waals surface area (Å²) >= 11 is 1.28. The molecule has 2 aliphatic rings. The van der Waals surface area contributed by atoms with Crippen LogP contribution in [0.4, 0.5) is 10.7 Å². The Balaban J connectivity index is 1.22. The number of carbonyl (C=O) groups excluding carboxylic acids is 2. The van der Waals surface area contributed by atoms with E-state index in [0.29, 0.717) is 47.1 Å². The van der Waals surface area contributed by atoms with Gasteiger partial charge >= 0.3 is 0 Å². The van der Waals surface area contributed by atoms with Crippen molar-refractivity contribution in [2.24, 2.45) is 5.73 Å². The van der Waals surface area contributed by atoms with E-state index >= 15 is 0 Å². The van der Waals surface area contributed by atoms with E-state index in [4.69, 9.17) is 15.2 Å². The average molecular weight is 576 g/mol. The molecule has 204 valence electrons. The first-order valence-corrected chi connectivity index (χ1v) is 14.8. The minimum absolute atomic E-state index is 0.0940. The van der Waals surface area contributed by atoms with Crippen molar-refractivity contribution in [1.82, 2.24) is 0 Å². The highest BCUT2D eigenvalue weighted by molar-refractivity contribution is 7.92. The molecule has 0 unspecified atom stereocenters. The highest BCUT2D eigenvalue weighted by Crippen LogP contribution is 2.38. The predicted octanol–water partition coefficient (Wildman–Crippen LogP) is 4.48. The van der Waals surface area contributed by atoms with Crippen molar-refractivity contribution < 1.29 is 27.5 Å². The Bertz CT molecular complexity index is 1760. The average Bonchev–Trinajstić information content (AvgIpc) is 3.66. The number of ether oxygens (including phenoxy) is 2. The molecule has 3 aromatic carbocycles. The van der Waals surface area contributed by atoms with Crippen molar-refractivity contribution in [3.05, 3.63) is 99.4 Å². The number of nitrogens with two attached hydrogens (primary N) is 1. The van der Waals surface area contributed by atoms with Gasteiger partial charge in [0, 0.05) is 23.4 Å². The Hall–Kier alpha value is -4.35. The third-order valence-corrected chi connectivity index (χ3v) is 10.1. The van der Waals surface area contributed by atoms with Gasteiger partial charge in [-0.3, -0.25) is 13.9 Å². The standard InChI is InChI=1S/C29H25N3O6S2/c1-17-25(15-18-6-11-23-24(14-18)38-16-37-23)39-29(26(17)27(30)33)31-28(34)20-7-9-21(10-8-20)40(35,36)32-13-12-19-4-2-3-5-22(19)32/h2-11,14H,12-13,15-16H2,1H3,(H2,30,33)(H,31,34). The first kappa shape index (κ1) is 25.9. The van der Waals surface area contributed by atoms with Crippen LogP contribution in [0.3, 0.4) is 0 Å². The first-order valence-electron chi connectivity index (χ1n) is 12.5. The van der Waals surface area contributed by atoms with Gasteiger partial charge in [0.2, 0.25) is 6.79 Å². The summed E-state index contributed by atoms with van der Waals surface area (Å²) in [5.74, 6) is 0.221. The van der Waals surface area contributed by atoms with Gasteiger partial charge in [0.1, 0.15) is 5.00 Å². The van der Waals surface area contributed by atoms with Crippen molar-refractivity contribution in [2.45, 2.75) is 24.7 Å². The Kier molecular flexibility index (Phi) is 6.47. The number of fused-ring (bicyclic) bond motifs is 2. The van der Waals surface area contributed by atoms with E-state index in [-0.39, 0.29) is 22.8 Å². The van der Waals surface area contributed by atoms with E-state index < -0.39 is 21.8 Å². The first-order chi connectivity index (χ1) is 19.2. The molecule has 0 aliphatic carbocycles. The molecule has 2 aliphatic heterocycles. The zero-order chi connectivity index (χ0) is 28.0. The van der Waals surface area contributed by atoms with Crippen LogP contribution in [-0.4, -0.2) is 33.6 Å². The predicted molar refractivity (Wildman–Crippen MR) is 152 cm³/mol. The van der Waals surface area contributed by atoms with Gasteiger partial charge in [0.05, 0.1) is 16.1 Å². The molecule has 3 N–H and O–H groups in total. The minimum Gasteiger partial charge on any atom is -0.454 e. The van der Waals surface area contributed by atoms with Crippen molar-refractivity contribution in [3.63, 3.8) is 0 Å². The Morgan fingerprint density at radius 1 is 1.02 bits per heavy atom. The smallest absolute Gasteiger partial charge is 0.264 e. The summed E-state index contributed by atoms with van der Waals surface area (Å²) in [5, 5.41) is 3.14. The van der Waals surface area contributed by atoms with Crippen LogP contribution in [0, 0.1) is 6.92 Å². The largest absolute Gasteiger partial charge is 0.454 e. The summed E-state index contributed by atoms with van der Waals surface area (Å²) in [4.78, 5) is 26.4. The molecular weight excluding hydrogens is 550 g/mol. The molecule has 0 bridgehead atoms. The molecule has 40 heavy (non-hydrogen) atoms. The number of benzene rings is 3. The van der Waals surface area contributed by atoms with Crippen LogP contribution in [-0.2, 0) is 22.9 Å². The molecule has 1 aromatic heterocycles. The third-order valence-electron chi connectivity index (χ3n) is 7.07. The second-order valence-electron chi connectivity index (χ2n) is 9.52. The monoisotopic (exact) mass is 575 g/mol. The van der Waals surface area contributed by atoms with Crippen molar-refractivity contribution in [3.8, 4) is 11.5 Å². The molecule has 0 fully saturated rings. The fourth-order valence-electron chi connectivity index (χ4n) is 4.99. The van der Waals surface area contributed by atoms with Gasteiger partial charge in [-0.1, -0.05) is 24.3 Å². The fourth-order valence-corrected chi connectivity index (χ4v) is 7.73. The van der Waals surface area contributed by atoms with Crippen LogP contribution in [0.25, 0.3) is 0 Å². The van der Waals surface area contributed by atoms with E-state index in [1.165, 1.54) is 39.9 Å². The van der Waals surface area contributed by atoms with E-state index in [1.54, 1.807) is 13.0 Å². The van der Waals surface area contributed by atoms with Gasteiger partial charge in [0.15, 0.2) is 11.5 Å². The number of anilines is 2. The van der Waals surface area contributed by atoms with Gasteiger partial charge < -0.3 is 20.5 Å². The number of sulfonamides is 1. The summed E-state index contributed by atoms with van der Waals surface area (Å²) in [6.07, 6.45) is 1.16. The Morgan fingerprint density at radius 3 is 2.55 bits per heavy atom. The molecule has 9 nitrogen and oxygen atoms in total. The number of rotatable bonds is 7. The summed E-state index contributed by atoms with van der Waals surface area (Å²) < 4.78 is 38.8. The molecule has 0 saturated heterocycles. The van der Waals surface area contributed by atoms with Gasteiger partial charge in [-0.2, -0.15) is 0 Å². The van der Waals surface area contributed by atoms with Crippen molar-refractivity contribution >= 4 is 43.9 Å². The number of hydrogen-bond acceptors (Lipinski definition) is 7. The normalized spacial score (nSPS) is 13.8.